The van der Waals surface area contributed by atoms with Gasteiger partial charge in [-0.05, 0) is 46.5 Å². The van der Waals surface area contributed by atoms with E-state index < -0.39 is 5.97 Å². The van der Waals surface area contributed by atoms with Gasteiger partial charge in [-0.2, -0.15) is 0 Å². The zero-order chi connectivity index (χ0) is 15.8. The number of nitrogens with zero attached hydrogens (tertiary/aromatic N) is 1. The third-order valence-electron chi connectivity index (χ3n) is 2.94. The van der Waals surface area contributed by atoms with Gasteiger partial charge in [-0.1, -0.05) is 0 Å². The highest BCUT2D eigenvalue weighted by molar-refractivity contribution is 5.88. The van der Waals surface area contributed by atoms with Crippen LogP contribution in [0.2, 0.25) is 0 Å². The Labute approximate surface area is 124 Å². The fraction of sp³-hybridized carbons (Fsp3) is 0.571. The number of unbranched alkanes of at least 4 members (excludes halogenated alkanes) is 1. The Bertz CT molecular complexity index is 483. The number of nitrogens with one attached hydrogen (secondary N) is 2. The van der Waals surface area contributed by atoms with Gasteiger partial charge in [0, 0.05) is 6.54 Å². The van der Waals surface area contributed by atoms with E-state index in [0.29, 0.717) is 18.1 Å². The molecular formula is C14H23N3O4. The molecule has 3 N–H and O–H groups in total. The lowest BCUT2D eigenvalue weighted by Crippen LogP contribution is -2.35. The number of carboxylic acids is 1. The van der Waals surface area contributed by atoms with Crippen molar-refractivity contribution in [3.63, 3.8) is 0 Å². The van der Waals surface area contributed by atoms with E-state index in [-0.39, 0.29) is 18.1 Å². The van der Waals surface area contributed by atoms with Gasteiger partial charge in [-0.3, -0.25) is 0 Å². The number of carboxylic acid groups (broad SMARTS) is 1. The normalized spacial score (nSPS) is 10.7. The van der Waals surface area contributed by atoms with Gasteiger partial charge in [0.2, 0.25) is 0 Å². The van der Waals surface area contributed by atoms with E-state index in [2.05, 4.69) is 15.5 Å². The largest absolute Gasteiger partial charge is 0.478 e. The van der Waals surface area contributed by atoms with Crippen molar-refractivity contribution >= 4 is 12.0 Å². The second-order valence-corrected chi connectivity index (χ2v) is 5.11. The van der Waals surface area contributed by atoms with E-state index in [1.54, 1.807) is 6.92 Å². The topological polar surface area (TPSA) is 94.8 Å². The molecule has 118 valence electrons. The molecule has 7 nitrogen and oxygen atoms in total. The molecule has 1 rings (SSSR count). The lowest BCUT2D eigenvalue weighted by molar-refractivity contribution is 0.0695. The fourth-order valence-electron chi connectivity index (χ4n) is 1.83. The number of rotatable bonds is 8. The maximum absolute atomic E-state index is 11.5. The first-order chi connectivity index (χ1) is 9.90. The fourth-order valence-corrected chi connectivity index (χ4v) is 1.83. The average molecular weight is 297 g/mol. The Morgan fingerprint density at radius 2 is 2.00 bits per heavy atom. The molecule has 0 aromatic carbocycles. The Balaban J connectivity index is 2.24. The van der Waals surface area contributed by atoms with Crippen molar-refractivity contribution in [3.8, 4) is 0 Å². The molecule has 0 radical (unpaired) electrons. The average Bonchev–Trinajstić information content (AvgIpc) is 2.77. The summed E-state index contributed by atoms with van der Waals surface area (Å²) in [7, 11) is 4.02. The van der Waals surface area contributed by atoms with E-state index in [1.807, 2.05) is 14.1 Å². The second-order valence-electron chi connectivity index (χ2n) is 5.11. The van der Waals surface area contributed by atoms with Gasteiger partial charge in [0.25, 0.3) is 0 Å². The lowest BCUT2D eigenvalue weighted by Gasteiger charge is -2.09. The quantitative estimate of drug-likeness (QED) is 0.631. The van der Waals surface area contributed by atoms with Gasteiger partial charge in [0.15, 0.2) is 0 Å². The van der Waals surface area contributed by atoms with Crippen LogP contribution in [-0.2, 0) is 6.54 Å². The first-order valence-corrected chi connectivity index (χ1v) is 6.89. The zero-order valence-corrected chi connectivity index (χ0v) is 12.7. The van der Waals surface area contributed by atoms with Crippen LogP contribution >= 0.6 is 0 Å². The van der Waals surface area contributed by atoms with Crippen molar-refractivity contribution in [1.29, 1.82) is 0 Å². The zero-order valence-electron chi connectivity index (χ0n) is 12.7. The molecule has 0 unspecified atom stereocenters. The number of aromatic carboxylic acids is 1. The molecule has 0 saturated carbocycles. The van der Waals surface area contributed by atoms with Crippen LogP contribution in [0.5, 0.6) is 0 Å². The minimum atomic E-state index is -1.03. The van der Waals surface area contributed by atoms with E-state index in [1.165, 1.54) is 6.07 Å². The molecule has 7 heteroatoms. The summed E-state index contributed by atoms with van der Waals surface area (Å²) in [5.41, 5.74) is 0.121. The molecule has 1 heterocycles. The highest BCUT2D eigenvalue weighted by Gasteiger charge is 2.13. The van der Waals surface area contributed by atoms with Crippen LogP contribution in [0.1, 0.15) is 34.7 Å². The van der Waals surface area contributed by atoms with Crippen LogP contribution in [0.3, 0.4) is 0 Å². The third kappa shape index (κ3) is 6.31. The van der Waals surface area contributed by atoms with Crippen molar-refractivity contribution in [2.45, 2.75) is 26.3 Å². The third-order valence-corrected chi connectivity index (χ3v) is 2.94. The van der Waals surface area contributed by atoms with E-state index >= 15 is 0 Å². The number of carbonyl (C=O) groups is 2. The summed E-state index contributed by atoms with van der Waals surface area (Å²) in [6.45, 7) is 3.35. The Morgan fingerprint density at radius 1 is 1.29 bits per heavy atom. The summed E-state index contributed by atoms with van der Waals surface area (Å²) in [6.07, 6.45) is 1.93. The van der Waals surface area contributed by atoms with Crippen molar-refractivity contribution in [1.82, 2.24) is 15.5 Å². The molecule has 0 aliphatic carbocycles. The van der Waals surface area contributed by atoms with Crippen molar-refractivity contribution < 1.29 is 19.1 Å². The summed E-state index contributed by atoms with van der Waals surface area (Å²) in [6, 6.07) is 1.14. The van der Waals surface area contributed by atoms with Crippen LogP contribution in [0.15, 0.2) is 10.5 Å². The summed E-state index contributed by atoms with van der Waals surface area (Å²) in [5.74, 6) is -0.274. The summed E-state index contributed by atoms with van der Waals surface area (Å²) < 4.78 is 5.27. The predicted molar refractivity (Wildman–Crippen MR) is 78.4 cm³/mol. The first-order valence-electron chi connectivity index (χ1n) is 6.89. The summed E-state index contributed by atoms with van der Waals surface area (Å²) in [5, 5.41) is 14.3. The molecule has 21 heavy (non-hydrogen) atoms. The minimum absolute atomic E-state index is 0.121. The van der Waals surface area contributed by atoms with Gasteiger partial charge in [0.05, 0.1) is 6.54 Å². The van der Waals surface area contributed by atoms with E-state index in [9.17, 15) is 9.59 Å². The standard InChI is InChI=1S/C14H23N3O4/c1-10-12(13(18)19)8-11(21-10)9-16-14(20)15-6-4-5-7-17(2)3/h8H,4-7,9H2,1-3H3,(H,18,19)(H2,15,16,20). The number of aryl methyl sites for hydroxylation is 1. The monoisotopic (exact) mass is 297 g/mol. The van der Waals surface area contributed by atoms with Gasteiger partial charge in [-0.25, -0.2) is 9.59 Å². The van der Waals surface area contributed by atoms with Crippen LogP contribution in [-0.4, -0.2) is 49.2 Å². The molecule has 0 atom stereocenters. The second kappa shape index (κ2) is 8.31. The molecule has 0 saturated heterocycles. The van der Waals surface area contributed by atoms with Crippen molar-refractivity contribution in [2.75, 3.05) is 27.2 Å². The molecule has 2 amide bonds. The Kier molecular flexibility index (Phi) is 6.74. The predicted octanol–water partition coefficient (Wildman–Crippen LogP) is 1.43. The van der Waals surface area contributed by atoms with Crippen LogP contribution in [0.4, 0.5) is 4.79 Å². The molecule has 0 bridgehead atoms. The number of furan rings is 1. The van der Waals surface area contributed by atoms with E-state index in [4.69, 9.17) is 9.52 Å². The molecule has 0 aliphatic heterocycles. The number of carbonyl (C=O) groups excluding carboxylic acids is 1. The smallest absolute Gasteiger partial charge is 0.339 e. The number of urea groups is 1. The highest BCUT2D eigenvalue weighted by Crippen LogP contribution is 2.14. The van der Waals surface area contributed by atoms with Gasteiger partial charge < -0.3 is 25.1 Å². The summed E-state index contributed by atoms with van der Waals surface area (Å²) >= 11 is 0. The van der Waals surface area contributed by atoms with Crippen molar-refractivity contribution in [2.24, 2.45) is 0 Å². The Hall–Kier alpha value is -2.02. The van der Waals surface area contributed by atoms with Crippen LogP contribution < -0.4 is 10.6 Å². The molecule has 0 fully saturated rings. The maximum atomic E-state index is 11.5. The SMILES string of the molecule is Cc1oc(CNC(=O)NCCCCN(C)C)cc1C(=O)O. The lowest BCUT2D eigenvalue weighted by atomic mass is 10.2. The van der Waals surface area contributed by atoms with E-state index in [0.717, 1.165) is 19.4 Å². The van der Waals surface area contributed by atoms with Gasteiger partial charge in [0.1, 0.15) is 17.1 Å². The maximum Gasteiger partial charge on any atom is 0.339 e. The summed E-state index contributed by atoms with van der Waals surface area (Å²) in [4.78, 5) is 24.5. The molecule has 1 aromatic heterocycles. The van der Waals surface area contributed by atoms with Crippen LogP contribution in [0, 0.1) is 6.92 Å². The molecule has 0 aliphatic rings. The number of hydrogen-bond acceptors (Lipinski definition) is 4. The molecular weight excluding hydrogens is 274 g/mol. The minimum Gasteiger partial charge on any atom is -0.478 e. The first kappa shape index (κ1) is 17.0. The molecule has 0 spiro atoms. The highest BCUT2D eigenvalue weighted by atomic mass is 16.4. The Morgan fingerprint density at radius 3 is 2.57 bits per heavy atom. The van der Waals surface area contributed by atoms with Gasteiger partial charge >= 0.3 is 12.0 Å². The van der Waals surface area contributed by atoms with Crippen molar-refractivity contribution in [3.05, 3.63) is 23.2 Å². The number of hydrogen-bond donors (Lipinski definition) is 3. The van der Waals surface area contributed by atoms with Crippen LogP contribution in [0.25, 0.3) is 0 Å². The van der Waals surface area contributed by atoms with Gasteiger partial charge in [-0.15, -0.1) is 0 Å². The number of amides is 2. The molecule has 1 aromatic rings.